The van der Waals surface area contributed by atoms with Gasteiger partial charge in [0.25, 0.3) is 0 Å². The Balaban J connectivity index is 2.61. The first kappa shape index (κ1) is 13.9. The summed E-state index contributed by atoms with van der Waals surface area (Å²) in [4.78, 5) is 0. The van der Waals surface area contributed by atoms with Crippen LogP contribution in [0.25, 0.3) is 0 Å². The van der Waals surface area contributed by atoms with E-state index in [4.69, 9.17) is 5.73 Å². The summed E-state index contributed by atoms with van der Waals surface area (Å²) >= 11 is 0. The monoisotopic (exact) mass is 227 g/mol. The van der Waals surface area contributed by atoms with Gasteiger partial charge in [0, 0.05) is 24.2 Å². The highest BCUT2D eigenvalue weighted by atomic mass is 15.6. The summed E-state index contributed by atoms with van der Waals surface area (Å²) in [6.45, 7) is 9.79. The first-order valence-corrected chi connectivity index (χ1v) is 6.78. The summed E-state index contributed by atoms with van der Waals surface area (Å²) < 4.78 is 0. The van der Waals surface area contributed by atoms with Crippen LogP contribution in [-0.4, -0.2) is 29.2 Å². The van der Waals surface area contributed by atoms with Gasteiger partial charge in [0.15, 0.2) is 0 Å². The molecule has 1 aliphatic heterocycles. The molecular weight excluding hydrogens is 198 g/mol. The summed E-state index contributed by atoms with van der Waals surface area (Å²) in [6, 6.07) is 1.26. The number of hydrogen-bond acceptors (Lipinski definition) is 3. The molecule has 0 aromatic rings. The maximum atomic E-state index is 5.91. The minimum Gasteiger partial charge on any atom is -0.329 e. The van der Waals surface area contributed by atoms with Gasteiger partial charge in [-0.15, -0.1) is 0 Å². The minimum atomic E-state index is 0.0641. The molecule has 96 valence electrons. The largest absolute Gasteiger partial charge is 0.329 e. The molecule has 3 unspecified atom stereocenters. The van der Waals surface area contributed by atoms with Gasteiger partial charge in [-0.1, -0.05) is 19.8 Å². The Hall–Kier alpha value is -0.120. The highest BCUT2D eigenvalue weighted by Gasteiger charge is 2.31. The molecule has 1 rings (SSSR count). The average molecular weight is 227 g/mol. The SMILES string of the molecule is CCCC(C)(CN)NN1C(C)CCCC1C. The van der Waals surface area contributed by atoms with Crippen molar-refractivity contribution in [2.24, 2.45) is 5.73 Å². The lowest BCUT2D eigenvalue weighted by atomic mass is 9.95. The maximum absolute atomic E-state index is 5.91. The molecule has 3 heteroatoms. The van der Waals surface area contributed by atoms with Crippen molar-refractivity contribution in [2.75, 3.05) is 6.54 Å². The van der Waals surface area contributed by atoms with Crippen LogP contribution in [0, 0.1) is 0 Å². The Labute approximate surface area is 101 Å². The van der Waals surface area contributed by atoms with Crippen molar-refractivity contribution in [3.05, 3.63) is 0 Å². The molecule has 16 heavy (non-hydrogen) atoms. The predicted octanol–water partition coefficient (Wildman–Crippen LogP) is 2.27. The number of nitrogens with one attached hydrogen (secondary N) is 1. The predicted molar refractivity (Wildman–Crippen MR) is 70.1 cm³/mol. The van der Waals surface area contributed by atoms with Crippen LogP contribution in [0.4, 0.5) is 0 Å². The van der Waals surface area contributed by atoms with Crippen LogP contribution in [0.5, 0.6) is 0 Å². The van der Waals surface area contributed by atoms with E-state index in [0.29, 0.717) is 18.6 Å². The van der Waals surface area contributed by atoms with Gasteiger partial charge in [-0.2, -0.15) is 0 Å². The molecule has 0 aromatic carbocycles. The third kappa shape index (κ3) is 3.44. The van der Waals surface area contributed by atoms with E-state index >= 15 is 0 Å². The van der Waals surface area contributed by atoms with E-state index in [2.05, 4.69) is 38.1 Å². The van der Waals surface area contributed by atoms with E-state index in [9.17, 15) is 0 Å². The Morgan fingerprint density at radius 1 is 1.31 bits per heavy atom. The smallest absolute Gasteiger partial charge is 0.0420 e. The zero-order valence-electron chi connectivity index (χ0n) is 11.4. The molecule has 3 atom stereocenters. The number of hydrogen-bond donors (Lipinski definition) is 2. The molecule has 3 N–H and O–H groups in total. The summed E-state index contributed by atoms with van der Waals surface area (Å²) in [5, 5.41) is 2.44. The van der Waals surface area contributed by atoms with Crippen LogP contribution in [-0.2, 0) is 0 Å². The summed E-state index contributed by atoms with van der Waals surface area (Å²) in [6.07, 6.45) is 6.26. The van der Waals surface area contributed by atoms with E-state index < -0.39 is 0 Å². The van der Waals surface area contributed by atoms with Gasteiger partial charge in [0.2, 0.25) is 0 Å². The van der Waals surface area contributed by atoms with Gasteiger partial charge in [-0.25, -0.2) is 10.4 Å². The lowest BCUT2D eigenvalue weighted by Gasteiger charge is -2.45. The van der Waals surface area contributed by atoms with Gasteiger partial charge in [0.05, 0.1) is 0 Å². The number of nitrogens with zero attached hydrogens (tertiary/aromatic N) is 1. The summed E-state index contributed by atoms with van der Waals surface area (Å²) in [5.74, 6) is 0. The van der Waals surface area contributed by atoms with Crippen LogP contribution >= 0.6 is 0 Å². The van der Waals surface area contributed by atoms with Gasteiger partial charge in [-0.05, 0) is 40.0 Å². The van der Waals surface area contributed by atoms with Gasteiger partial charge < -0.3 is 5.73 Å². The second kappa shape index (κ2) is 5.99. The third-order valence-corrected chi connectivity index (χ3v) is 3.84. The lowest BCUT2D eigenvalue weighted by Crippen LogP contribution is -2.62. The van der Waals surface area contributed by atoms with Crippen LogP contribution in [0.2, 0.25) is 0 Å². The molecule has 0 radical (unpaired) electrons. The summed E-state index contributed by atoms with van der Waals surface area (Å²) in [5.41, 5.74) is 9.67. The highest BCUT2D eigenvalue weighted by molar-refractivity contribution is 4.86. The Bertz CT molecular complexity index is 197. The molecule has 1 fully saturated rings. The van der Waals surface area contributed by atoms with Crippen LogP contribution in [0.3, 0.4) is 0 Å². The molecule has 0 spiro atoms. The van der Waals surface area contributed by atoms with Crippen molar-refractivity contribution in [1.82, 2.24) is 10.4 Å². The Morgan fingerprint density at radius 2 is 1.88 bits per heavy atom. The molecule has 1 heterocycles. The fourth-order valence-electron chi connectivity index (χ4n) is 2.71. The highest BCUT2D eigenvalue weighted by Crippen LogP contribution is 2.23. The average Bonchev–Trinajstić information content (AvgIpc) is 2.24. The topological polar surface area (TPSA) is 41.3 Å². The van der Waals surface area contributed by atoms with E-state index in [1.165, 1.54) is 25.7 Å². The van der Waals surface area contributed by atoms with E-state index in [1.807, 2.05) is 0 Å². The molecule has 1 saturated heterocycles. The molecule has 1 aliphatic rings. The number of nitrogens with two attached hydrogens (primary N) is 1. The van der Waals surface area contributed by atoms with Gasteiger partial charge in [-0.3, -0.25) is 0 Å². The summed E-state index contributed by atoms with van der Waals surface area (Å²) in [7, 11) is 0. The normalized spacial score (nSPS) is 31.3. The van der Waals surface area contributed by atoms with Crippen LogP contribution in [0.15, 0.2) is 0 Å². The van der Waals surface area contributed by atoms with Crippen molar-refractivity contribution in [2.45, 2.75) is 77.4 Å². The second-order valence-corrected chi connectivity index (χ2v) is 5.66. The first-order chi connectivity index (χ1) is 7.52. The molecule has 0 aromatic heterocycles. The fraction of sp³-hybridized carbons (Fsp3) is 1.00. The van der Waals surface area contributed by atoms with Gasteiger partial charge >= 0.3 is 0 Å². The van der Waals surface area contributed by atoms with Crippen molar-refractivity contribution in [3.63, 3.8) is 0 Å². The molecule has 0 aliphatic carbocycles. The first-order valence-electron chi connectivity index (χ1n) is 6.78. The zero-order chi connectivity index (χ0) is 12.2. The van der Waals surface area contributed by atoms with Gasteiger partial charge in [0.1, 0.15) is 0 Å². The number of hydrazine groups is 1. The third-order valence-electron chi connectivity index (χ3n) is 3.84. The molecule has 0 bridgehead atoms. The minimum absolute atomic E-state index is 0.0641. The van der Waals surface area contributed by atoms with Crippen molar-refractivity contribution in [1.29, 1.82) is 0 Å². The standard InChI is InChI=1S/C13H29N3/c1-5-9-13(4,10-14)15-16-11(2)7-6-8-12(16)3/h11-12,15H,5-10,14H2,1-4H3. The molecule has 0 amide bonds. The van der Waals surface area contributed by atoms with E-state index in [-0.39, 0.29) is 5.54 Å². The van der Waals surface area contributed by atoms with Crippen molar-refractivity contribution < 1.29 is 0 Å². The number of rotatable bonds is 5. The molecular formula is C13H29N3. The van der Waals surface area contributed by atoms with E-state index in [1.54, 1.807) is 0 Å². The fourth-order valence-corrected chi connectivity index (χ4v) is 2.71. The van der Waals surface area contributed by atoms with Crippen LogP contribution in [0.1, 0.15) is 59.8 Å². The zero-order valence-corrected chi connectivity index (χ0v) is 11.4. The quantitative estimate of drug-likeness (QED) is 0.757. The number of piperidine rings is 1. The van der Waals surface area contributed by atoms with Crippen molar-refractivity contribution >= 4 is 0 Å². The Morgan fingerprint density at radius 3 is 2.31 bits per heavy atom. The van der Waals surface area contributed by atoms with E-state index in [0.717, 1.165) is 6.42 Å². The maximum Gasteiger partial charge on any atom is 0.0420 e. The Kier molecular flexibility index (Phi) is 5.22. The molecule has 3 nitrogen and oxygen atoms in total. The van der Waals surface area contributed by atoms with Crippen molar-refractivity contribution in [3.8, 4) is 0 Å². The molecule has 0 saturated carbocycles. The van der Waals surface area contributed by atoms with Crippen LogP contribution < -0.4 is 11.2 Å². The lowest BCUT2D eigenvalue weighted by molar-refractivity contribution is 0.00415. The second-order valence-electron chi connectivity index (χ2n) is 5.66.